The van der Waals surface area contributed by atoms with Crippen molar-refractivity contribution in [2.75, 3.05) is 0 Å². The Morgan fingerprint density at radius 2 is 0.917 bits per heavy atom. The van der Waals surface area contributed by atoms with E-state index < -0.39 is 0 Å². The van der Waals surface area contributed by atoms with E-state index in [0.717, 1.165) is 0 Å². The molecule has 0 nitrogen and oxygen atoms in total. The Hall–Kier alpha value is -1.27. The van der Waals surface area contributed by atoms with Gasteiger partial charge in [0.05, 0.1) is 0 Å². The molecule has 0 unspecified atom stereocenters. The first kappa shape index (κ1) is 22.7. The predicted octanol–water partition coefficient (Wildman–Crippen LogP) is -0.844. The predicted molar refractivity (Wildman–Crippen MR) is 90.9 cm³/mol. The quantitative estimate of drug-likeness (QED) is 0.319. The van der Waals surface area contributed by atoms with Gasteiger partial charge in [-0.15, -0.1) is 59.7 Å². The van der Waals surface area contributed by atoms with Crippen LogP contribution in [0.25, 0.3) is 22.3 Å². The summed E-state index contributed by atoms with van der Waals surface area (Å²) >= 11 is 1.30. The van der Waals surface area contributed by atoms with Crippen molar-refractivity contribution >= 4 is 4.21 Å². The Bertz CT molecular complexity index is 637. The number of halogens is 2. The van der Waals surface area contributed by atoms with Crippen molar-refractivity contribution in [1.82, 2.24) is 0 Å². The van der Waals surface area contributed by atoms with E-state index in [0.29, 0.717) is 0 Å². The maximum absolute atomic E-state index is 3.34. The second-order valence-corrected chi connectivity index (χ2v) is 4.51. The monoisotopic (exact) mass is 428 g/mol. The van der Waals surface area contributed by atoms with Crippen molar-refractivity contribution in [3.63, 3.8) is 0 Å². The smallest absolute Gasteiger partial charge is 0.0723 e. The van der Waals surface area contributed by atoms with Crippen molar-refractivity contribution in [2.45, 2.75) is 0 Å². The van der Waals surface area contributed by atoms with Crippen LogP contribution in [0.1, 0.15) is 0 Å². The molecular formula is C21H16Cl2Zr-2. The first-order valence-corrected chi connectivity index (χ1v) is 8.73. The van der Waals surface area contributed by atoms with E-state index in [1.807, 2.05) is 48.5 Å². The van der Waals surface area contributed by atoms with Crippen LogP contribution in [-0.2, 0) is 24.2 Å². The molecule has 0 N–H and O–H groups in total. The summed E-state index contributed by atoms with van der Waals surface area (Å²) in [6.07, 6.45) is 0. The third-order valence-electron chi connectivity index (χ3n) is 3.15. The number of rotatable bonds is 0. The average molecular weight is 430 g/mol. The van der Waals surface area contributed by atoms with Gasteiger partial charge in [-0.3, -0.25) is 0 Å². The molecule has 0 fully saturated rings. The SMILES string of the molecule is [CH2]=[Zr+2].[Cl-].[Cl-].[c-]1ccc2cccccc1-2.[c-]1ccc2cccccc1-2. The zero-order valence-corrected chi connectivity index (χ0v) is 17.0. The molecule has 0 aromatic carbocycles. The standard InChI is InChI=1S/2C10H7.CH2.2ClH.Zr/c2*1-2-5-9-7-4-8-10(9)6-3-1;;;;/h2*1-7H;1H2;2*1H;/q2*-1;;;;+2/p-2. The van der Waals surface area contributed by atoms with Crippen molar-refractivity contribution in [1.29, 1.82) is 0 Å². The van der Waals surface area contributed by atoms with Crippen LogP contribution >= 0.6 is 0 Å². The number of hydrogen-bond acceptors (Lipinski definition) is 0. The van der Waals surface area contributed by atoms with E-state index in [9.17, 15) is 0 Å². The topological polar surface area (TPSA) is 0 Å². The van der Waals surface area contributed by atoms with E-state index >= 15 is 0 Å². The first-order valence-electron chi connectivity index (χ1n) is 7.00. The third-order valence-corrected chi connectivity index (χ3v) is 3.15. The molecule has 0 aromatic rings. The maximum atomic E-state index is 3.34. The fourth-order valence-corrected chi connectivity index (χ4v) is 2.12. The van der Waals surface area contributed by atoms with Gasteiger partial charge in [0.2, 0.25) is 0 Å². The normalized spacial score (nSPS) is 8.58. The molecule has 0 aromatic heterocycles. The molecule has 4 rings (SSSR count). The third kappa shape index (κ3) is 6.69. The van der Waals surface area contributed by atoms with E-state index in [-0.39, 0.29) is 24.8 Å². The van der Waals surface area contributed by atoms with Crippen LogP contribution in [0, 0.1) is 12.1 Å². The van der Waals surface area contributed by atoms with Crippen molar-refractivity contribution < 1.29 is 49.0 Å². The van der Waals surface area contributed by atoms with Gasteiger partial charge < -0.3 is 24.8 Å². The Morgan fingerprint density at radius 1 is 0.542 bits per heavy atom. The summed E-state index contributed by atoms with van der Waals surface area (Å²) in [6.45, 7) is 0. The van der Waals surface area contributed by atoms with Gasteiger partial charge in [0, 0.05) is 0 Å². The van der Waals surface area contributed by atoms with Crippen molar-refractivity contribution in [3.8, 4) is 22.3 Å². The van der Waals surface area contributed by atoms with Crippen LogP contribution in [0.15, 0.2) is 84.9 Å². The van der Waals surface area contributed by atoms with Crippen LogP contribution < -0.4 is 24.8 Å². The minimum atomic E-state index is 0. The maximum Gasteiger partial charge on any atom is -0.0723 e. The molecule has 0 heterocycles. The molecule has 4 aliphatic rings. The molecule has 0 bridgehead atoms. The molecule has 0 atom stereocenters. The van der Waals surface area contributed by atoms with Crippen LogP contribution in [0.4, 0.5) is 0 Å². The van der Waals surface area contributed by atoms with Crippen LogP contribution in [0.3, 0.4) is 0 Å². The zero-order chi connectivity index (χ0) is 15.6. The van der Waals surface area contributed by atoms with E-state index in [1.54, 1.807) is 0 Å². The van der Waals surface area contributed by atoms with Crippen LogP contribution in [0.2, 0.25) is 0 Å². The van der Waals surface area contributed by atoms with Gasteiger partial charge in [-0.1, -0.05) is 24.3 Å². The molecule has 0 saturated carbocycles. The molecule has 24 heavy (non-hydrogen) atoms. The fourth-order valence-electron chi connectivity index (χ4n) is 2.12. The molecular weight excluding hydrogens is 414 g/mol. The van der Waals surface area contributed by atoms with E-state index in [1.165, 1.54) is 46.5 Å². The van der Waals surface area contributed by atoms with Crippen LogP contribution in [-0.4, -0.2) is 4.21 Å². The Labute approximate surface area is 171 Å². The fraction of sp³-hybridized carbons (Fsp3) is 0. The molecule has 0 saturated heterocycles. The second kappa shape index (κ2) is 13.1. The summed E-state index contributed by atoms with van der Waals surface area (Å²) < 4.78 is 3.34. The molecule has 0 aliphatic heterocycles. The first-order chi connectivity index (χ1) is 10.9. The molecule has 120 valence electrons. The summed E-state index contributed by atoms with van der Waals surface area (Å²) in [5.74, 6) is 0. The largest absolute Gasteiger partial charge is 1.00 e. The van der Waals surface area contributed by atoms with Crippen LogP contribution in [0.5, 0.6) is 0 Å². The van der Waals surface area contributed by atoms with Gasteiger partial charge in [0.25, 0.3) is 0 Å². The van der Waals surface area contributed by atoms with Gasteiger partial charge in [-0.25, -0.2) is 0 Å². The number of hydrogen-bond donors (Lipinski definition) is 0. The molecule has 3 heteroatoms. The van der Waals surface area contributed by atoms with Gasteiger partial charge in [0.15, 0.2) is 0 Å². The number of fused-ring (bicyclic) bond motifs is 2. The summed E-state index contributed by atoms with van der Waals surface area (Å²) in [7, 11) is 0. The molecule has 0 spiro atoms. The van der Waals surface area contributed by atoms with Gasteiger partial charge in [-0.05, 0) is 0 Å². The minimum absolute atomic E-state index is 0. The Kier molecular flexibility index (Phi) is 12.4. The van der Waals surface area contributed by atoms with E-state index in [2.05, 4.69) is 52.7 Å². The summed E-state index contributed by atoms with van der Waals surface area (Å²) in [4.78, 5) is 0. The summed E-state index contributed by atoms with van der Waals surface area (Å²) in [5.41, 5.74) is 4.88. The van der Waals surface area contributed by atoms with Crippen molar-refractivity contribution in [3.05, 3.63) is 97.1 Å². The zero-order valence-electron chi connectivity index (χ0n) is 13.0. The van der Waals surface area contributed by atoms with Gasteiger partial charge in [-0.2, -0.15) is 35.4 Å². The minimum Gasteiger partial charge on any atom is -1.00 e. The van der Waals surface area contributed by atoms with Gasteiger partial charge in [0.1, 0.15) is 0 Å². The molecule has 0 radical (unpaired) electrons. The van der Waals surface area contributed by atoms with E-state index in [4.69, 9.17) is 0 Å². The summed E-state index contributed by atoms with van der Waals surface area (Å²) in [6, 6.07) is 34.8. The van der Waals surface area contributed by atoms with Gasteiger partial charge >= 0.3 is 28.4 Å². The van der Waals surface area contributed by atoms with Crippen molar-refractivity contribution in [2.24, 2.45) is 0 Å². The Morgan fingerprint density at radius 3 is 1.33 bits per heavy atom. The molecule has 0 amide bonds. The average Bonchev–Trinajstić information content (AvgIpc) is 3.07. The summed E-state index contributed by atoms with van der Waals surface area (Å²) in [5, 5.41) is 0. The second-order valence-electron chi connectivity index (χ2n) is 4.51. The molecule has 4 aliphatic carbocycles. The Balaban J connectivity index is 0.000000372.